The highest BCUT2D eigenvalue weighted by Crippen LogP contribution is 2.39. The Morgan fingerprint density at radius 3 is 2.59 bits per heavy atom. The molecular weight excluding hydrogens is 484 g/mol. The average Bonchev–Trinajstić information content (AvgIpc) is 2.90. The van der Waals surface area contributed by atoms with E-state index in [2.05, 4.69) is 26.5 Å². The van der Waals surface area contributed by atoms with Crippen molar-refractivity contribution in [1.82, 2.24) is 9.97 Å². The molecular formula is C29H34N4O3S. The number of nitrogens with zero attached hydrogens (tertiary/aromatic N) is 2. The fourth-order valence-corrected chi connectivity index (χ4v) is 5.90. The Kier molecular flexibility index (Phi) is 6.86. The fraction of sp³-hybridized carbons (Fsp3) is 0.379. The first-order valence-corrected chi connectivity index (χ1v) is 14.0. The molecule has 0 atom stereocenters. The highest BCUT2D eigenvalue weighted by molar-refractivity contribution is 7.92. The number of hydrogen-bond acceptors (Lipinski definition) is 7. The molecule has 1 aliphatic rings. The van der Waals surface area contributed by atoms with Crippen molar-refractivity contribution >= 4 is 33.0 Å². The number of nitrogens with one attached hydrogen (secondary N) is 2. The van der Waals surface area contributed by atoms with Gasteiger partial charge in [-0.3, -0.25) is 0 Å². The van der Waals surface area contributed by atoms with Gasteiger partial charge in [-0.25, -0.2) is 13.4 Å². The van der Waals surface area contributed by atoms with Crippen LogP contribution in [0.4, 0.5) is 23.1 Å². The number of anilines is 4. The molecule has 0 radical (unpaired) electrons. The zero-order chi connectivity index (χ0) is 29.1. The van der Waals surface area contributed by atoms with Gasteiger partial charge in [0.05, 0.1) is 44.4 Å². The van der Waals surface area contributed by atoms with Gasteiger partial charge in [-0.15, -0.1) is 6.42 Å². The van der Waals surface area contributed by atoms with Gasteiger partial charge in [0.1, 0.15) is 5.75 Å². The van der Waals surface area contributed by atoms with E-state index in [1.54, 1.807) is 32.0 Å². The smallest absolute Gasteiger partial charge is 0.229 e. The number of hydrogen-bond donors (Lipinski definition) is 2. The van der Waals surface area contributed by atoms with E-state index in [1.165, 1.54) is 18.7 Å². The topological polar surface area (TPSA) is 93.2 Å². The molecule has 1 aliphatic carbocycles. The van der Waals surface area contributed by atoms with Crippen molar-refractivity contribution in [2.24, 2.45) is 0 Å². The van der Waals surface area contributed by atoms with Crippen LogP contribution in [0, 0.1) is 19.3 Å². The third kappa shape index (κ3) is 5.72. The number of terminal acetylenes is 1. The van der Waals surface area contributed by atoms with E-state index in [1.807, 2.05) is 19.1 Å². The Labute approximate surface area is 224 Å². The van der Waals surface area contributed by atoms with E-state index in [0.717, 1.165) is 36.8 Å². The van der Waals surface area contributed by atoms with Crippen molar-refractivity contribution in [3.05, 3.63) is 59.3 Å². The summed E-state index contributed by atoms with van der Waals surface area (Å²) in [6, 6.07) is 10.2. The van der Waals surface area contributed by atoms with Gasteiger partial charge in [-0.05, 0) is 74.9 Å². The molecule has 1 saturated carbocycles. The first-order valence-electron chi connectivity index (χ1n) is 13.9. The molecule has 1 fully saturated rings. The van der Waals surface area contributed by atoms with Crippen LogP contribution < -0.4 is 15.4 Å². The van der Waals surface area contributed by atoms with Gasteiger partial charge in [0, 0.05) is 0 Å². The van der Waals surface area contributed by atoms with Crippen molar-refractivity contribution in [3.63, 3.8) is 0 Å². The molecule has 0 bridgehead atoms. The average molecular weight is 522 g/mol. The summed E-state index contributed by atoms with van der Waals surface area (Å²) in [6.45, 7) is 5.23. The summed E-state index contributed by atoms with van der Waals surface area (Å²) in [4.78, 5) is 8.95. The minimum atomic E-state index is -3.59. The van der Waals surface area contributed by atoms with E-state index in [-0.39, 0.29) is 22.4 Å². The third-order valence-electron chi connectivity index (χ3n) is 6.78. The maximum absolute atomic E-state index is 12.9. The van der Waals surface area contributed by atoms with Crippen molar-refractivity contribution in [1.29, 1.82) is 0 Å². The quantitative estimate of drug-likeness (QED) is 0.327. The third-order valence-corrected chi connectivity index (χ3v) is 8.99. The first-order chi connectivity index (χ1) is 18.9. The van der Waals surface area contributed by atoms with Crippen LogP contribution >= 0.6 is 0 Å². The van der Waals surface area contributed by atoms with Crippen LogP contribution in [0.2, 0.25) is 0 Å². The predicted octanol–water partition coefficient (Wildman–Crippen LogP) is 6.49. The van der Waals surface area contributed by atoms with Gasteiger partial charge in [-0.1, -0.05) is 37.3 Å². The van der Waals surface area contributed by atoms with Crippen molar-refractivity contribution < 1.29 is 17.3 Å². The lowest BCUT2D eigenvalue weighted by atomic mass is 9.82. The molecule has 194 valence electrons. The number of methoxy groups -OCH3 is 1. The molecule has 8 heteroatoms. The molecule has 1 aromatic heterocycles. The van der Waals surface area contributed by atoms with Crippen LogP contribution in [0.15, 0.2) is 47.5 Å². The molecule has 37 heavy (non-hydrogen) atoms. The molecule has 4 rings (SSSR count). The standard InChI is InChI=1S/C29H34N4O3S/c1-6-21-18-30-29(33-28(21)31-24-14-10-11-15-27(24)37(34,35)19(2)3)32-25-16-20(4)23(17-26(25)36-5)22-12-8-7-9-13-22/h1,10-11,14-19,22H,7-9,12-13H2,2-5H3,(H2,30,31,32,33)/i5D3. The SMILES string of the molecule is [2H]C([2H])([2H])Oc1cc(C2CCCCC2)c(C)cc1Nc1ncc(C#C)c(Nc2ccccc2S(=O)(=O)C(C)C)n1. The second-order valence-electron chi connectivity index (χ2n) is 9.58. The predicted molar refractivity (Wildman–Crippen MR) is 149 cm³/mol. The molecule has 0 unspecified atom stereocenters. The molecule has 0 saturated heterocycles. The van der Waals surface area contributed by atoms with Gasteiger partial charge < -0.3 is 15.4 Å². The number of para-hydroxylation sites is 1. The second kappa shape index (κ2) is 11.2. The normalized spacial score (nSPS) is 15.8. The second-order valence-corrected chi connectivity index (χ2v) is 12.1. The lowest BCUT2D eigenvalue weighted by Gasteiger charge is -2.25. The zero-order valence-electron chi connectivity index (χ0n) is 24.3. The molecule has 2 aromatic carbocycles. The van der Waals surface area contributed by atoms with Crippen LogP contribution in [-0.2, 0) is 9.84 Å². The zero-order valence-corrected chi connectivity index (χ0v) is 22.2. The maximum Gasteiger partial charge on any atom is 0.229 e. The summed E-state index contributed by atoms with van der Waals surface area (Å²) >= 11 is 0. The van der Waals surface area contributed by atoms with E-state index in [4.69, 9.17) is 15.3 Å². The van der Waals surface area contributed by atoms with Crippen LogP contribution in [0.5, 0.6) is 5.75 Å². The molecule has 2 N–H and O–H groups in total. The number of ether oxygens (including phenoxy) is 1. The molecule has 0 amide bonds. The highest BCUT2D eigenvalue weighted by Gasteiger charge is 2.23. The summed E-state index contributed by atoms with van der Waals surface area (Å²) in [5, 5.41) is 5.52. The van der Waals surface area contributed by atoms with Crippen LogP contribution in [0.25, 0.3) is 0 Å². The number of aromatic nitrogens is 2. The number of sulfone groups is 1. The summed E-state index contributed by atoms with van der Waals surface area (Å²) in [6.07, 6.45) is 12.7. The monoisotopic (exact) mass is 521 g/mol. The van der Waals surface area contributed by atoms with E-state index in [9.17, 15) is 8.42 Å². The Morgan fingerprint density at radius 2 is 1.89 bits per heavy atom. The minimum absolute atomic E-state index is 0.128. The minimum Gasteiger partial charge on any atom is -0.495 e. The molecule has 0 spiro atoms. The van der Waals surface area contributed by atoms with E-state index >= 15 is 0 Å². The van der Waals surface area contributed by atoms with E-state index < -0.39 is 22.1 Å². The van der Waals surface area contributed by atoms with Crippen LogP contribution in [0.1, 0.15) is 72.7 Å². The molecule has 7 nitrogen and oxygen atoms in total. The number of aryl methyl sites for hydroxylation is 1. The van der Waals surface area contributed by atoms with Crippen molar-refractivity contribution in [2.45, 2.75) is 68.9 Å². The van der Waals surface area contributed by atoms with E-state index in [0.29, 0.717) is 22.9 Å². The van der Waals surface area contributed by atoms with Gasteiger partial charge in [0.2, 0.25) is 5.95 Å². The van der Waals surface area contributed by atoms with Crippen molar-refractivity contribution in [2.75, 3.05) is 17.7 Å². The summed E-state index contributed by atoms with van der Waals surface area (Å²) in [7, 11) is -6.24. The highest BCUT2D eigenvalue weighted by atomic mass is 32.2. The summed E-state index contributed by atoms with van der Waals surface area (Å²) < 4.78 is 54.4. The molecule has 3 aromatic rings. The number of rotatable bonds is 8. The van der Waals surface area contributed by atoms with Crippen LogP contribution in [-0.4, -0.2) is 30.7 Å². The van der Waals surface area contributed by atoms with Gasteiger partial charge in [-0.2, -0.15) is 4.98 Å². The fourth-order valence-electron chi connectivity index (χ4n) is 4.70. The molecule has 1 heterocycles. The summed E-state index contributed by atoms with van der Waals surface area (Å²) in [5.41, 5.74) is 3.15. The Bertz CT molecular complexity index is 1530. The van der Waals surface area contributed by atoms with Gasteiger partial charge in [0.15, 0.2) is 15.7 Å². The largest absolute Gasteiger partial charge is 0.495 e. The Morgan fingerprint density at radius 1 is 1.14 bits per heavy atom. The van der Waals surface area contributed by atoms with Crippen LogP contribution in [0.3, 0.4) is 0 Å². The lowest BCUT2D eigenvalue weighted by Crippen LogP contribution is -2.16. The maximum atomic E-state index is 12.9. The van der Waals surface area contributed by atoms with Crippen molar-refractivity contribution in [3.8, 4) is 18.1 Å². The summed E-state index contributed by atoms with van der Waals surface area (Å²) in [5.74, 6) is 3.40. The number of benzene rings is 2. The Hall–Kier alpha value is -3.57. The first kappa shape index (κ1) is 22.6. The lowest BCUT2D eigenvalue weighted by molar-refractivity contribution is 0.411. The van der Waals surface area contributed by atoms with Gasteiger partial charge in [0.25, 0.3) is 0 Å². The van der Waals surface area contributed by atoms with Gasteiger partial charge >= 0.3 is 0 Å². The molecule has 0 aliphatic heterocycles. The Balaban J connectivity index is 1.71.